The first-order valence-corrected chi connectivity index (χ1v) is 5.88. The number of hydrogen-bond acceptors (Lipinski definition) is 4. The zero-order chi connectivity index (χ0) is 12.7. The van der Waals surface area contributed by atoms with E-state index >= 15 is 0 Å². The summed E-state index contributed by atoms with van der Waals surface area (Å²) in [7, 11) is 1.52. The Morgan fingerprint density at radius 1 is 1.29 bits per heavy atom. The summed E-state index contributed by atoms with van der Waals surface area (Å²) in [5.74, 6) is -0.936. The molecule has 0 aromatic heterocycles. The van der Waals surface area contributed by atoms with Gasteiger partial charge in [-0.3, -0.25) is 9.59 Å². The number of ether oxygens (including phenoxy) is 1. The molecule has 1 saturated carbocycles. The molecule has 2 amide bonds. The van der Waals surface area contributed by atoms with E-state index in [9.17, 15) is 14.7 Å². The maximum Gasteiger partial charge on any atom is 0.309 e. The topological polar surface area (TPSA) is 87.7 Å². The molecule has 0 aromatic carbocycles. The second-order valence-electron chi connectivity index (χ2n) is 4.20. The number of aliphatic hydroxyl groups is 1. The molecule has 3 N–H and O–H groups in total. The first kappa shape index (κ1) is 13.9. The zero-order valence-electron chi connectivity index (χ0n) is 10.1. The van der Waals surface area contributed by atoms with Crippen molar-refractivity contribution in [1.82, 2.24) is 10.6 Å². The fourth-order valence-corrected chi connectivity index (χ4v) is 1.48. The van der Waals surface area contributed by atoms with Crippen LogP contribution in [0.25, 0.3) is 0 Å². The van der Waals surface area contributed by atoms with Crippen molar-refractivity contribution < 1.29 is 19.4 Å². The highest BCUT2D eigenvalue weighted by molar-refractivity contribution is 6.35. The van der Waals surface area contributed by atoms with E-state index in [4.69, 9.17) is 4.74 Å². The normalized spacial score (nSPS) is 16.4. The van der Waals surface area contributed by atoms with E-state index in [2.05, 4.69) is 10.6 Å². The quantitative estimate of drug-likeness (QED) is 0.397. The van der Waals surface area contributed by atoms with Crippen LogP contribution in [0.15, 0.2) is 0 Å². The Balaban J connectivity index is 2.04. The van der Waals surface area contributed by atoms with E-state index in [1.165, 1.54) is 7.11 Å². The largest absolute Gasteiger partial charge is 0.393 e. The molecule has 0 unspecified atom stereocenters. The Bertz CT molecular complexity index is 266. The van der Waals surface area contributed by atoms with Crippen LogP contribution in [0.1, 0.15) is 19.3 Å². The van der Waals surface area contributed by atoms with E-state index < -0.39 is 11.8 Å². The van der Waals surface area contributed by atoms with Gasteiger partial charge in [-0.2, -0.15) is 0 Å². The van der Waals surface area contributed by atoms with Gasteiger partial charge >= 0.3 is 11.8 Å². The van der Waals surface area contributed by atoms with Crippen LogP contribution in [0.3, 0.4) is 0 Å². The molecule has 0 aromatic rings. The number of aliphatic hydroxyl groups excluding tert-OH is 1. The molecule has 1 aliphatic carbocycles. The zero-order valence-corrected chi connectivity index (χ0v) is 10.1. The summed E-state index contributed by atoms with van der Waals surface area (Å²) in [6, 6.07) is 0. The third kappa shape index (κ3) is 5.65. The molecule has 0 bridgehead atoms. The monoisotopic (exact) mass is 244 g/mol. The SMILES string of the molecule is COCCNC(=O)C(=O)NCC[C@H](O)C1CC1. The molecule has 98 valence electrons. The molecule has 17 heavy (non-hydrogen) atoms. The van der Waals surface area contributed by atoms with E-state index in [-0.39, 0.29) is 6.10 Å². The van der Waals surface area contributed by atoms with Gasteiger partial charge in [0, 0.05) is 20.2 Å². The molecule has 1 rings (SSSR count). The summed E-state index contributed by atoms with van der Waals surface area (Å²) >= 11 is 0. The summed E-state index contributed by atoms with van der Waals surface area (Å²) in [6.07, 6.45) is 2.27. The summed E-state index contributed by atoms with van der Waals surface area (Å²) in [5, 5.41) is 14.4. The fraction of sp³-hybridized carbons (Fsp3) is 0.818. The van der Waals surface area contributed by atoms with E-state index in [1.54, 1.807) is 0 Å². The first-order valence-electron chi connectivity index (χ1n) is 5.88. The van der Waals surface area contributed by atoms with Crippen molar-refractivity contribution in [2.75, 3.05) is 26.8 Å². The van der Waals surface area contributed by atoms with Crippen LogP contribution in [0, 0.1) is 5.92 Å². The van der Waals surface area contributed by atoms with Crippen molar-refractivity contribution >= 4 is 11.8 Å². The lowest BCUT2D eigenvalue weighted by Crippen LogP contribution is -2.41. The molecule has 6 heteroatoms. The number of rotatable bonds is 7. The Kier molecular flexibility index (Phi) is 5.93. The van der Waals surface area contributed by atoms with E-state index in [0.29, 0.717) is 32.0 Å². The third-order valence-corrected chi connectivity index (χ3v) is 2.69. The smallest absolute Gasteiger partial charge is 0.309 e. The lowest BCUT2D eigenvalue weighted by molar-refractivity contribution is -0.139. The maximum absolute atomic E-state index is 11.3. The highest BCUT2D eigenvalue weighted by Crippen LogP contribution is 2.33. The maximum atomic E-state index is 11.3. The van der Waals surface area contributed by atoms with Crippen molar-refractivity contribution in [3.63, 3.8) is 0 Å². The van der Waals surface area contributed by atoms with Crippen LogP contribution < -0.4 is 10.6 Å². The van der Waals surface area contributed by atoms with Crippen LogP contribution in [-0.4, -0.2) is 49.8 Å². The summed E-state index contributed by atoms with van der Waals surface area (Å²) < 4.78 is 4.74. The highest BCUT2D eigenvalue weighted by Gasteiger charge is 2.29. The molecular formula is C11H20N2O4. The number of amides is 2. The van der Waals surface area contributed by atoms with Gasteiger partial charge in [0.15, 0.2) is 0 Å². The molecule has 0 spiro atoms. The molecule has 0 radical (unpaired) electrons. The molecule has 0 heterocycles. The Morgan fingerprint density at radius 2 is 1.88 bits per heavy atom. The number of nitrogens with one attached hydrogen (secondary N) is 2. The molecule has 0 saturated heterocycles. The second kappa shape index (κ2) is 7.24. The third-order valence-electron chi connectivity index (χ3n) is 2.69. The average Bonchev–Trinajstić information content (AvgIpc) is 3.12. The standard InChI is InChI=1S/C11H20N2O4/c1-17-7-6-13-11(16)10(15)12-5-4-9(14)8-2-3-8/h8-9,14H,2-7H2,1H3,(H,12,15)(H,13,16)/t9-/m0/s1. The van der Waals surface area contributed by atoms with Gasteiger partial charge in [-0.05, 0) is 25.2 Å². The Labute approximate surface area is 101 Å². The predicted molar refractivity (Wildman–Crippen MR) is 61.2 cm³/mol. The van der Waals surface area contributed by atoms with Gasteiger partial charge < -0.3 is 20.5 Å². The number of methoxy groups -OCH3 is 1. The minimum absolute atomic E-state index is 0.313. The fourth-order valence-electron chi connectivity index (χ4n) is 1.48. The van der Waals surface area contributed by atoms with Crippen molar-refractivity contribution in [1.29, 1.82) is 0 Å². The van der Waals surface area contributed by atoms with Crippen LogP contribution in [-0.2, 0) is 14.3 Å². The van der Waals surface area contributed by atoms with Gasteiger partial charge in [0.25, 0.3) is 0 Å². The van der Waals surface area contributed by atoms with Crippen molar-refractivity contribution in [3.05, 3.63) is 0 Å². The van der Waals surface area contributed by atoms with E-state index in [0.717, 1.165) is 12.8 Å². The van der Waals surface area contributed by atoms with Gasteiger partial charge in [-0.25, -0.2) is 0 Å². The lowest BCUT2D eigenvalue weighted by Gasteiger charge is -2.09. The number of carbonyl (C=O) groups excluding carboxylic acids is 2. The van der Waals surface area contributed by atoms with Crippen LogP contribution in [0.4, 0.5) is 0 Å². The van der Waals surface area contributed by atoms with Gasteiger partial charge in [0.2, 0.25) is 0 Å². The van der Waals surface area contributed by atoms with Crippen molar-refractivity contribution in [2.45, 2.75) is 25.4 Å². The molecule has 1 aliphatic rings. The lowest BCUT2D eigenvalue weighted by atomic mass is 10.2. The summed E-state index contributed by atoms with van der Waals surface area (Å²) in [6.45, 7) is 1.01. The van der Waals surface area contributed by atoms with Crippen LogP contribution >= 0.6 is 0 Å². The predicted octanol–water partition coefficient (Wildman–Crippen LogP) is -0.974. The Hall–Kier alpha value is -1.14. The first-order chi connectivity index (χ1) is 8.15. The van der Waals surface area contributed by atoms with Gasteiger partial charge in [-0.15, -0.1) is 0 Å². The highest BCUT2D eigenvalue weighted by atomic mass is 16.5. The minimum Gasteiger partial charge on any atom is -0.393 e. The summed E-state index contributed by atoms with van der Waals surface area (Å²) in [5.41, 5.74) is 0. The Morgan fingerprint density at radius 3 is 2.41 bits per heavy atom. The number of hydrogen-bond donors (Lipinski definition) is 3. The average molecular weight is 244 g/mol. The van der Waals surface area contributed by atoms with Gasteiger partial charge in [-0.1, -0.05) is 0 Å². The molecule has 0 aliphatic heterocycles. The van der Waals surface area contributed by atoms with Crippen molar-refractivity contribution in [2.24, 2.45) is 5.92 Å². The van der Waals surface area contributed by atoms with Crippen LogP contribution in [0.5, 0.6) is 0 Å². The molecule has 6 nitrogen and oxygen atoms in total. The minimum atomic E-state index is -0.664. The molecule has 1 atom stereocenters. The molecule has 1 fully saturated rings. The summed E-state index contributed by atoms with van der Waals surface area (Å²) in [4.78, 5) is 22.5. The van der Waals surface area contributed by atoms with Crippen LogP contribution in [0.2, 0.25) is 0 Å². The number of carbonyl (C=O) groups is 2. The van der Waals surface area contributed by atoms with Gasteiger partial charge in [0.1, 0.15) is 0 Å². The van der Waals surface area contributed by atoms with Gasteiger partial charge in [0.05, 0.1) is 12.7 Å². The van der Waals surface area contributed by atoms with Crippen molar-refractivity contribution in [3.8, 4) is 0 Å². The second-order valence-corrected chi connectivity index (χ2v) is 4.20. The molecular weight excluding hydrogens is 224 g/mol. The van der Waals surface area contributed by atoms with E-state index in [1.807, 2.05) is 0 Å².